The number of aromatic nitrogens is 6. The monoisotopic (exact) mass is 663 g/mol. The lowest BCUT2D eigenvalue weighted by atomic mass is 9.81. The zero-order valence-electron chi connectivity index (χ0n) is 27.8. The Bertz CT molecular complexity index is 1890. The number of rotatable bonds is 10. The third kappa shape index (κ3) is 8.11. The van der Waals surface area contributed by atoms with Gasteiger partial charge in [0.05, 0.1) is 0 Å². The van der Waals surface area contributed by atoms with E-state index in [-0.39, 0.29) is 24.2 Å². The van der Waals surface area contributed by atoms with Crippen LogP contribution in [0.5, 0.6) is 0 Å². The second-order valence-electron chi connectivity index (χ2n) is 13.5. The molecule has 1 fully saturated rings. The van der Waals surface area contributed by atoms with Crippen LogP contribution in [0.25, 0.3) is 33.5 Å². The minimum atomic E-state index is -0.932. The number of pyridine rings is 1. The zero-order valence-corrected chi connectivity index (χ0v) is 27.8. The second kappa shape index (κ2) is 14.3. The van der Waals surface area contributed by atoms with Crippen molar-refractivity contribution in [3.63, 3.8) is 0 Å². The van der Waals surface area contributed by atoms with E-state index in [9.17, 15) is 14.4 Å². The first-order chi connectivity index (χ1) is 23.5. The maximum atomic E-state index is 14.4. The number of ether oxygens (including phenoxy) is 1. The number of nitrogens with one attached hydrogen (secondary N) is 3. The fraction of sp³-hybridized carbons (Fsp3) is 0.361. The number of fused-ring (bicyclic) bond motifs is 1. The molecule has 49 heavy (non-hydrogen) atoms. The SMILES string of the molecule is CC(C)(C)OC(=O)NCC1CCC(C(=O)N(c2ccc(-c3nn[nH]n3)cc2)[C@@H](Cc2ccc(-c3cnc4[nH]ccc4c3)cc2)C(N)=O)CC1. The minimum Gasteiger partial charge on any atom is -0.444 e. The number of benzene rings is 2. The quantitative estimate of drug-likeness (QED) is 0.158. The summed E-state index contributed by atoms with van der Waals surface area (Å²) in [5.41, 5.74) is 10.4. The van der Waals surface area contributed by atoms with Crippen LogP contribution < -0.4 is 16.0 Å². The molecular formula is C36H41N9O4. The number of nitrogens with two attached hydrogens (primary N) is 1. The van der Waals surface area contributed by atoms with Crippen molar-refractivity contribution in [3.8, 4) is 22.5 Å². The molecule has 3 aromatic heterocycles. The van der Waals surface area contributed by atoms with Crippen LogP contribution in [0.2, 0.25) is 0 Å². The van der Waals surface area contributed by atoms with Gasteiger partial charge in [-0.05, 0) is 105 Å². The first-order valence-corrected chi connectivity index (χ1v) is 16.5. The lowest BCUT2D eigenvalue weighted by molar-refractivity contribution is -0.127. The van der Waals surface area contributed by atoms with Crippen molar-refractivity contribution < 1.29 is 19.1 Å². The summed E-state index contributed by atoms with van der Waals surface area (Å²) < 4.78 is 5.37. The van der Waals surface area contributed by atoms with Crippen LogP contribution in [0.3, 0.4) is 0 Å². The van der Waals surface area contributed by atoms with Gasteiger partial charge in [-0.2, -0.15) is 5.21 Å². The molecule has 0 saturated heterocycles. The molecule has 3 amide bonds. The number of H-pyrrole nitrogens is 2. The Kier molecular flexibility index (Phi) is 9.70. The standard InChI is InChI=1S/C36H41N9O4/c1-36(2,3)49-35(48)40-20-23-6-10-26(11-7-23)34(47)45(29-14-12-25(13-15-29)33-41-43-44-42-33)30(31(37)46)18-22-4-8-24(9-5-22)28-19-27-16-17-38-32(27)39-21-28/h4-5,8-9,12-17,19,21,23,26,30H,6-7,10-11,18,20H2,1-3H3,(H2,37,46)(H,38,39)(H,40,48)(H,41,42,43,44)/t23?,26?,30-/m0/s1. The Labute approximate surface area is 284 Å². The average molecular weight is 664 g/mol. The lowest BCUT2D eigenvalue weighted by Crippen LogP contribution is -2.52. The molecular weight excluding hydrogens is 622 g/mol. The highest BCUT2D eigenvalue weighted by atomic mass is 16.6. The molecule has 13 heteroatoms. The number of anilines is 1. The summed E-state index contributed by atoms with van der Waals surface area (Å²) in [5.74, 6) is -0.429. The van der Waals surface area contributed by atoms with Crippen LogP contribution in [-0.2, 0) is 20.7 Å². The van der Waals surface area contributed by atoms with Crippen LogP contribution in [-0.4, -0.2) is 66.7 Å². The molecule has 1 aliphatic carbocycles. The van der Waals surface area contributed by atoms with Crippen LogP contribution in [0, 0.1) is 11.8 Å². The van der Waals surface area contributed by atoms with Crippen LogP contribution >= 0.6 is 0 Å². The van der Waals surface area contributed by atoms with Gasteiger partial charge in [0.2, 0.25) is 17.6 Å². The van der Waals surface area contributed by atoms with Crippen LogP contribution in [0.4, 0.5) is 10.5 Å². The Balaban J connectivity index is 1.20. The summed E-state index contributed by atoms with van der Waals surface area (Å²) in [6, 6.07) is 18.2. The molecule has 0 aliphatic heterocycles. The first-order valence-electron chi connectivity index (χ1n) is 16.5. The number of primary amides is 1. The normalized spacial score (nSPS) is 17.0. The summed E-state index contributed by atoms with van der Waals surface area (Å²) in [6.45, 7) is 5.95. The van der Waals surface area contributed by atoms with Gasteiger partial charge in [0, 0.05) is 53.5 Å². The number of hydrogen-bond donors (Lipinski definition) is 4. The fourth-order valence-corrected chi connectivity index (χ4v) is 6.34. The average Bonchev–Trinajstić information content (AvgIpc) is 3.80. The smallest absolute Gasteiger partial charge is 0.407 e. The highest BCUT2D eigenvalue weighted by molar-refractivity contribution is 6.02. The van der Waals surface area contributed by atoms with Crippen molar-refractivity contribution in [2.75, 3.05) is 11.4 Å². The van der Waals surface area contributed by atoms with Crippen molar-refractivity contribution in [2.24, 2.45) is 17.6 Å². The van der Waals surface area contributed by atoms with E-state index in [1.54, 1.807) is 29.2 Å². The molecule has 3 heterocycles. The van der Waals surface area contributed by atoms with E-state index in [0.717, 1.165) is 40.6 Å². The summed E-state index contributed by atoms with van der Waals surface area (Å²) >= 11 is 0. The summed E-state index contributed by atoms with van der Waals surface area (Å²) in [4.78, 5) is 48.9. The second-order valence-corrected chi connectivity index (χ2v) is 13.5. The number of carbonyl (C=O) groups is 3. The third-order valence-electron chi connectivity index (χ3n) is 8.87. The van der Waals surface area contributed by atoms with Crippen molar-refractivity contribution >= 4 is 34.6 Å². The van der Waals surface area contributed by atoms with Gasteiger partial charge < -0.3 is 20.8 Å². The summed E-state index contributed by atoms with van der Waals surface area (Å²) in [5, 5.41) is 18.0. The third-order valence-corrected chi connectivity index (χ3v) is 8.87. The Morgan fingerprint density at radius 3 is 2.35 bits per heavy atom. The van der Waals surface area contributed by atoms with Crippen molar-refractivity contribution in [2.45, 2.75) is 64.5 Å². The molecule has 0 unspecified atom stereocenters. The predicted octanol–water partition coefficient (Wildman–Crippen LogP) is 5.17. The number of nitrogens with zero attached hydrogens (tertiary/aromatic N) is 5. The number of hydrogen-bond acceptors (Lipinski definition) is 8. The van der Waals surface area contributed by atoms with Gasteiger partial charge in [0.15, 0.2) is 0 Å². The molecule has 0 spiro atoms. The molecule has 5 N–H and O–H groups in total. The van der Waals surface area contributed by atoms with Gasteiger partial charge in [-0.1, -0.05) is 24.3 Å². The Hall–Kier alpha value is -5.59. The maximum Gasteiger partial charge on any atom is 0.407 e. The zero-order chi connectivity index (χ0) is 34.5. The van der Waals surface area contributed by atoms with Gasteiger partial charge in [0.25, 0.3) is 0 Å². The molecule has 5 aromatic rings. The van der Waals surface area contributed by atoms with Crippen LogP contribution in [0.15, 0.2) is 73.1 Å². The highest BCUT2D eigenvalue weighted by Crippen LogP contribution is 2.33. The van der Waals surface area contributed by atoms with Crippen molar-refractivity contribution in [1.82, 2.24) is 35.9 Å². The Morgan fingerprint density at radius 2 is 1.69 bits per heavy atom. The van der Waals surface area contributed by atoms with Gasteiger partial charge in [-0.25, -0.2) is 9.78 Å². The highest BCUT2D eigenvalue weighted by Gasteiger charge is 2.36. The minimum absolute atomic E-state index is 0.155. The number of carbonyl (C=O) groups excluding carboxylic acids is 3. The van der Waals surface area contributed by atoms with Gasteiger partial charge in [0.1, 0.15) is 17.3 Å². The molecule has 2 aromatic carbocycles. The summed E-state index contributed by atoms with van der Waals surface area (Å²) in [7, 11) is 0. The van der Waals surface area contributed by atoms with E-state index in [1.165, 1.54) is 0 Å². The molecule has 0 bridgehead atoms. The predicted molar refractivity (Wildman–Crippen MR) is 185 cm³/mol. The molecule has 1 atom stereocenters. The van der Waals surface area contributed by atoms with Gasteiger partial charge >= 0.3 is 6.09 Å². The van der Waals surface area contributed by atoms with E-state index in [2.05, 4.69) is 42.0 Å². The van der Waals surface area contributed by atoms with E-state index in [0.29, 0.717) is 36.5 Å². The van der Waals surface area contributed by atoms with Gasteiger partial charge in [-0.3, -0.25) is 14.5 Å². The van der Waals surface area contributed by atoms with Crippen molar-refractivity contribution in [3.05, 3.63) is 78.6 Å². The number of alkyl carbamates (subject to hydrolysis) is 1. The van der Waals surface area contributed by atoms with E-state index < -0.39 is 23.6 Å². The molecule has 1 saturated carbocycles. The first kappa shape index (κ1) is 33.3. The van der Waals surface area contributed by atoms with E-state index >= 15 is 0 Å². The van der Waals surface area contributed by atoms with Gasteiger partial charge in [-0.15, -0.1) is 10.2 Å². The van der Waals surface area contributed by atoms with Crippen molar-refractivity contribution in [1.29, 1.82) is 0 Å². The lowest BCUT2D eigenvalue weighted by Gasteiger charge is -2.36. The topological polar surface area (TPSA) is 185 Å². The molecule has 1 aliphatic rings. The van der Waals surface area contributed by atoms with Crippen LogP contribution in [0.1, 0.15) is 52.0 Å². The largest absolute Gasteiger partial charge is 0.444 e. The van der Waals surface area contributed by atoms with E-state index in [1.807, 2.05) is 63.5 Å². The number of aromatic amines is 2. The number of tetrazole rings is 1. The molecule has 13 nitrogen and oxygen atoms in total. The molecule has 254 valence electrons. The van der Waals surface area contributed by atoms with E-state index in [4.69, 9.17) is 10.5 Å². The fourth-order valence-electron chi connectivity index (χ4n) is 6.34. The maximum absolute atomic E-state index is 14.4. The molecule has 0 radical (unpaired) electrons. The molecule has 6 rings (SSSR count). The number of amides is 3. The Morgan fingerprint density at radius 1 is 0.980 bits per heavy atom. The summed E-state index contributed by atoms with van der Waals surface area (Å²) in [6.07, 6.45) is 6.21.